The molecule has 2 heteroatoms. The SMILES string of the molecule is Cc1cc(C(=O)C(C)C)cc(C)n1. The van der Waals surface area contributed by atoms with Crippen molar-refractivity contribution in [1.82, 2.24) is 4.98 Å². The van der Waals surface area contributed by atoms with E-state index in [1.807, 2.05) is 39.8 Å². The molecule has 2 nitrogen and oxygen atoms in total. The summed E-state index contributed by atoms with van der Waals surface area (Å²) < 4.78 is 0. The van der Waals surface area contributed by atoms with Crippen LogP contribution in [0, 0.1) is 19.8 Å². The first-order valence-electron chi connectivity index (χ1n) is 4.50. The fraction of sp³-hybridized carbons (Fsp3) is 0.455. The molecule has 0 aliphatic carbocycles. The predicted octanol–water partition coefficient (Wildman–Crippen LogP) is 2.54. The molecule has 0 spiro atoms. The second-order valence-electron chi connectivity index (χ2n) is 3.66. The number of nitrogens with zero attached hydrogens (tertiary/aromatic N) is 1. The third-order valence-electron chi connectivity index (χ3n) is 1.89. The minimum atomic E-state index is 0.0567. The van der Waals surface area contributed by atoms with Gasteiger partial charge in [-0.3, -0.25) is 9.78 Å². The number of carbonyl (C=O) groups excluding carboxylic acids is 1. The summed E-state index contributed by atoms with van der Waals surface area (Å²) in [5.41, 5.74) is 2.59. The first kappa shape index (κ1) is 9.90. The summed E-state index contributed by atoms with van der Waals surface area (Å²) in [6.07, 6.45) is 0. The van der Waals surface area contributed by atoms with Crippen molar-refractivity contribution in [2.45, 2.75) is 27.7 Å². The topological polar surface area (TPSA) is 30.0 Å². The maximum atomic E-state index is 11.6. The molecule has 1 rings (SSSR count). The highest BCUT2D eigenvalue weighted by molar-refractivity contribution is 5.97. The molecule has 13 heavy (non-hydrogen) atoms. The van der Waals surface area contributed by atoms with Crippen LogP contribution in [0.15, 0.2) is 12.1 Å². The summed E-state index contributed by atoms with van der Waals surface area (Å²) in [6, 6.07) is 3.69. The summed E-state index contributed by atoms with van der Waals surface area (Å²) in [4.78, 5) is 15.8. The van der Waals surface area contributed by atoms with Crippen LogP contribution in [0.4, 0.5) is 0 Å². The summed E-state index contributed by atoms with van der Waals surface area (Å²) in [5, 5.41) is 0. The lowest BCUT2D eigenvalue weighted by Gasteiger charge is -2.05. The molecule has 0 saturated heterocycles. The minimum Gasteiger partial charge on any atom is -0.294 e. The molecule has 0 atom stereocenters. The van der Waals surface area contributed by atoms with E-state index in [-0.39, 0.29) is 11.7 Å². The Labute approximate surface area is 79.0 Å². The molecule has 0 unspecified atom stereocenters. The van der Waals surface area contributed by atoms with E-state index >= 15 is 0 Å². The summed E-state index contributed by atoms with van der Waals surface area (Å²) in [7, 11) is 0. The number of aromatic nitrogens is 1. The standard InChI is InChI=1S/C11H15NO/c1-7(2)11(13)10-5-8(3)12-9(4)6-10/h5-7H,1-4H3. The highest BCUT2D eigenvalue weighted by atomic mass is 16.1. The van der Waals surface area contributed by atoms with E-state index in [1.54, 1.807) is 0 Å². The zero-order valence-corrected chi connectivity index (χ0v) is 8.59. The molecule has 0 amide bonds. The van der Waals surface area contributed by atoms with Crippen LogP contribution in [0.1, 0.15) is 35.6 Å². The van der Waals surface area contributed by atoms with Crippen LogP contribution in [0.25, 0.3) is 0 Å². The molecule has 0 aromatic carbocycles. The van der Waals surface area contributed by atoms with E-state index in [2.05, 4.69) is 4.98 Å². The lowest BCUT2D eigenvalue weighted by Crippen LogP contribution is -2.08. The van der Waals surface area contributed by atoms with Crippen molar-refractivity contribution in [2.24, 2.45) is 5.92 Å². The van der Waals surface area contributed by atoms with Gasteiger partial charge in [0, 0.05) is 22.9 Å². The number of hydrogen-bond acceptors (Lipinski definition) is 2. The van der Waals surface area contributed by atoms with Crippen molar-refractivity contribution in [3.8, 4) is 0 Å². The third-order valence-corrected chi connectivity index (χ3v) is 1.89. The Kier molecular flexibility index (Phi) is 2.81. The Balaban J connectivity index is 3.08. The molecule has 0 radical (unpaired) electrons. The van der Waals surface area contributed by atoms with Gasteiger partial charge in [-0.25, -0.2) is 0 Å². The van der Waals surface area contributed by atoms with E-state index in [0.717, 1.165) is 17.0 Å². The molecular formula is C11H15NO. The van der Waals surface area contributed by atoms with Gasteiger partial charge < -0.3 is 0 Å². The van der Waals surface area contributed by atoms with Crippen LogP contribution < -0.4 is 0 Å². The maximum absolute atomic E-state index is 11.6. The van der Waals surface area contributed by atoms with E-state index in [1.165, 1.54) is 0 Å². The number of Topliss-reactive ketones (excluding diaryl/α,β-unsaturated/α-hetero) is 1. The van der Waals surface area contributed by atoms with Gasteiger partial charge in [0.05, 0.1) is 0 Å². The highest BCUT2D eigenvalue weighted by Crippen LogP contribution is 2.10. The molecular weight excluding hydrogens is 162 g/mol. The van der Waals surface area contributed by atoms with Crippen molar-refractivity contribution in [2.75, 3.05) is 0 Å². The van der Waals surface area contributed by atoms with Crippen molar-refractivity contribution in [3.05, 3.63) is 29.1 Å². The first-order valence-corrected chi connectivity index (χ1v) is 4.50. The fourth-order valence-corrected chi connectivity index (χ4v) is 1.31. The van der Waals surface area contributed by atoms with Crippen molar-refractivity contribution >= 4 is 5.78 Å². The van der Waals surface area contributed by atoms with Crippen LogP contribution in [-0.2, 0) is 0 Å². The lowest BCUT2D eigenvalue weighted by atomic mass is 10.0. The maximum Gasteiger partial charge on any atom is 0.165 e. The normalized spacial score (nSPS) is 10.5. The van der Waals surface area contributed by atoms with Crippen molar-refractivity contribution < 1.29 is 4.79 Å². The molecule has 70 valence electrons. The number of pyridine rings is 1. The van der Waals surface area contributed by atoms with Gasteiger partial charge in [-0.1, -0.05) is 13.8 Å². The van der Waals surface area contributed by atoms with Gasteiger partial charge in [-0.05, 0) is 26.0 Å². The molecule has 0 fully saturated rings. The van der Waals surface area contributed by atoms with E-state index in [4.69, 9.17) is 0 Å². The number of aryl methyl sites for hydroxylation is 2. The molecule has 1 aromatic rings. The smallest absolute Gasteiger partial charge is 0.165 e. The molecule has 1 heterocycles. The monoisotopic (exact) mass is 177 g/mol. The van der Waals surface area contributed by atoms with E-state index in [0.29, 0.717) is 0 Å². The fourth-order valence-electron chi connectivity index (χ4n) is 1.31. The van der Waals surface area contributed by atoms with Crippen LogP contribution in [0.2, 0.25) is 0 Å². The van der Waals surface area contributed by atoms with Gasteiger partial charge in [0.1, 0.15) is 0 Å². The molecule has 1 aromatic heterocycles. The Bertz CT molecular complexity index is 309. The molecule has 0 aliphatic rings. The second-order valence-corrected chi connectivity index (χ2v) is 3.66. The lowest BCUT2D eigenvalue weighted by molar-refractivity contribution is 0.0939. The Morgan fingerprint density at radius 1 is 1.23 bits per heavy atom. The highest BCUT2D eigenvalue weighted by Gasteiger charge is 2.10. The zero-order valence-electron chi connectivity index (χ0n) is 8.59. The summed E-state index contributed by atoms with van der Waals surface area (Å²) in [6.45, 7) is 7.63. The van der Waals surface area contributed by atoms with Gasteiger partial charge in [0.2, 0.25) is 0 Å². The average molecular weight is 177 g/mol. The number of hydrogen-bond donors (Lipinski definition) is 0. The van der Waals surface area contributed by atoms with Crippen molar-refractivity contribution in [1.29, 1.82) is 0 Å². The number of carbonyl (C=O) groups is 1. The number of rotatable bonds is 2. The van der Waals surface area contributed by atoms with Gasteiger partial charge in [0.25, 0.3) is 0 Å². The second kappa shape index (κ2) is 3.69. The van der Waals surface area contributed by atoms with Crippen molar-refractivity contribution in [3.63, 3.8) is 0 Å². The Morgan fingerprint density at radius 3 is 2.08 bits per heavy atom. The van der Waals surface area contributed by atoms with E-state index in [9.17, 15) is 4.79 Å². The number of ketones is 1. The summed E-state index contributed by atoms with van der Waals surface area (Å²) in [5.74, 6) is 0.245. The Hall–Kier alpha value is -1.18. The predicted molar refractivity (Wildman–Crippen MR) is 52.9 cm³/mol. The molecule has 0 aliphatic heterocycles. The zero-order chi connectivity index (χ0) is 10.0. The van der Waals surface area contributed by atoms with Crippen LogP contribution in [0.3, 0.4) is 0 Å². The third kappa shape index (κ3) is 2.38. The quantitative estimate of drug-likeness (QED) is 0.650. The van der Waals surface area contributed by atoms with Gasteiger partial charge in [0.15, 0.2) is 5.78 Å². The first-order chi connectivity index (χ1) is 6.00. The van der Waals surface area contributed by atoms with Crippen LogP contribution in [-0.4, -0.2) is 10.8 Å². The van der Waals surface area contributed by atoms with Crippen LogP contribution in [0.5, 0.6) is 0 Å². The minimum absolute atomic E-state index is 0.0567. The van der Waals surface area contributed by atoms with E-state index < -0.39 is 0 Å². The van der Waals surface area contributed by atoms with Gasteiger partial charge in [-0.15, -0.1) is 0 Å². The van der Waals surface area contributed by atoms with Gasteiger partial charge >= 0.3 is 0 Å². The molecule has 0 bridgehead atoms. The molecule has 0 N–H and O–H groups in total. The van der Waals surface area contributed by atoms with Crippen LogP contribution >= 0.6 is 0 Å². The largest absolute Gasteiger partial charge is 0.294 e. The van der Waals surface area contributed by atoms with Gasteiger partial charge in [-0.2, -0.15) is 0 Å². The average Bonchev–Trinajstić information content (AvgIpc) is 2.01. The summed E-state index contributed by atoms with van der Waals surface area (Å²) >= 11 is 0. The molecule has 0 saturated carbocycles. The Morgan fingerprint density at radius 2 is 1.69 bits per heavy atom.